The van der Waals surface area contributed by atoms with E-state index in [1.807, 2.05) is 24.3 Å². The van der Waals surface area contributed by atoms with E-state index in [1.54, 1.807) is 22.5 Å². The second kappa shape index (κ2) is 4.05. The van der Waals surface area contributed by atoms with E-state index in [4.69, 9.17) is 0 Å². The molecular formula is C13H10FNOS. The van der Waals surface area contributed by atoms with E-state index in [1.165, 1.54) is 6.07 Å². The maximum atomic E-state index is 13.7. The van der Waals surface area contributed by atoms with Gasteiger partial charge < -0.3 is 4.55 Å². The van der Waals surface area contributed by atoms with Crippen molar-refractivity contribution in [2.24, 2.45) is 0 Å². The summed E-state index contributed by atoms with van der Waals surface area (Å²) >= 11 is -1.30. The average molecular weight is 247 g/mol. The summed E-state index contributed by atoms with van der Waals surface area (Å²) in [6.45, 7) is 0.490. The van der Waals surface area contributed by atoms with Crippen molar-refractivity contribution in [2.75, 3.05) is 4.31 Å². The van der Waals surface area contributed by atoms with Gasteiger partial charge in [-0.2, -0.15) is 4.31 Å². The molecule has 1 aliphatic heterocycles. The van der Waals surface area contributed by atoms with Crippen LogP contribution < -0.4 is 4.31 Å². The van der Waals surface area contributed by atoms with E-state index in [2.05, 4.69) is 0 Å². The number of benzene rings is 2. The van der Waals surface area contributed by atoms with Gasteiger partial charge in [0.15, 0.2) is 10.7 Å². The van der Waals surface area contributed by atoms with Crippen LogP contribution in [0.25, 0.3) is 0 Å². The molecule has 2 aromatic rings. The van der Waals surface area contributed by atoms with E-state index in [-0.39, 0.29) is 5.82 Å². The molecule has 0 spiro atoms. The molecule has 4 heteroatoms. The highest BCUT2D eigenvalue weighted by Gasteiger charge is 2.35. The van der Waals surface area contributed by atoms with Gasteiger partial charge in [-0.1, -0.05) is 30.3 Å². The zero-order valence-corrected chi connectivity index (χ0v) is 9.78. The standard InChI is InChI=1S/C13H10FNOS/c14-11-6-2-3-7-12(11)15-9-10-5-1-4-8-13(10)17(15)16/h1-8H,9H2. The molecule has 0 amide bonds. The van der Waals surface area contributed by atoms with Crippen molar-refractivity contribution in [3.8, 4) is 0 Å². The summed E-state index contributed by atoms with van der Waals surface area (Å²) in [6.07, 6.45) is 0. The molecule has 0 aromatic heterocycles. The van der Waals surface area contributed by atoms with E-state index in [9.17, 15) is 8.94 Å². The van der Waals surface area contributed by atoms with Gasteiger partial charge in [0.05, 0.1) is 6.54 Å². The lowest BCUT2D eigenvalue weighted by atomic mass is 10.2. The lowest BCUT2D eigenvalue weighted by Gasteiger charge is -2.18. The van der Waals surface area contributed by atoms with Crippen LogP contribution in [0.1, 0.15) is 5.56 Å². The first kappa shape index (κ1) is 10.6. The van der Waals surface area contributed by atoms with Crippen LogP contribution in [0.2, 0.25) is 0 Å². The zero-order valence-electron chi connectivity index (χ0n) is 8.97. The average Bonchev–Trinajstić information content (AvgIpc) is 2.68. The fourth-order valence-corrected chi connectivity index (χ4v) is 3.34. The van der Waals surface area contributed by atoms with Gasteiger partial charge in [0.25, 0.3) is 0 Å². The number of anilines is 1. The second-order valence-corrected chi connectivity index (χ2v) is 5.22. The number of rotatable bonds is 1. The third kappa shape index (κ3) is 1.69. The molecule has 0 aliphatic carbocycles. The largest absolute Gasteiger partial charge is 0.588 e. The maximum absolute atomic E-state index is 13.7. The molecule has 2 aromatic carbocycles. The first-order valence-corrected chi connectivity index (χ1v) is 6.40. The van der Waals surface area contributed by atoms with Crippen LogP contribution in [0, 0.1) is 5.82 Å². The number of hydrogen-bond donors (Lipinski definition) is 0. The summed E-state index contributed by atoms with van der Waals surface area (Å²) in [5.41, 5.74) is 1.39. The van der Waals surface area contributed by atoms with E-state index in [0.29, 0.717) is 12.2 Å². The van der Waals surface area contributed by atoms with Crippen LogP contribution in [0.15, 0.2) is 53.4 Å². The molecule has 3 rings (SSSR count). The summed E-state index contributed by atoms with van der Waals surface area (Å²) in [6, 6.07) is 13.9. The smallest absolute Gasteiger partial charge is 0.185 e. The van der Waals surface area contributed by atoms with E-state index in [0.717, 1.165) is 10.5 Å². The summed E-state index contributed by atoms with van der Waals surface area (Å²) < 4.78 is 27.5. The first-order valence-electron chi connectivity index (χ1n) is 5.29. The molecule has 0 bridgehead atoms. The molecule has 0 saturated heterocycles. The molecule has 0 saturated carbocycles. The van der Waals surface area contributed by atoms with Crippen LogP contribution in [0.4, 0.5) is 10.1 Å². The van der Waals surface area contributed by atoms with Crippen molar-refractivity contribution in [1.82, 2.24) is 0 Å². The van der Waals surface area contributed by atoms with Gasteiger partial charge in [0.2, 0.25) is 0 Å². The fraction of sp³-hybridized carbons (Fsp3) is 0.0769. The molecule has 1 aliphatic rings. The van der Waals surface area contributed by atoms with Crippen LogP contribution in [-0.2, 0) is 17.9 Å². The molecule has 86 valence electrons. The Morgan fingerprint density at radius 2 is 1.76 bits per heavy atom. The number of hydrogen-bond acceptors (Lipinski definition) is 2. The third-order valence-corrected chi connectivity index (χ3v) is 4.30. The minimum atomic E-state index is -1.30. The van der Waals surface area contributed by atoms with E-state index >= 15 is 0 Å². The number of para-hydroxylation sites is 1. The van der Waals surface area contributed by atoms with Crippen molar-refractivity contribution in [3.63, 3.8) is 0 Å². The predicted molar refractivity (Wildman–Crippen MR) is 65.4 cm³/mol. The van der Waals surface area contributed by atoms with Gasteiger partial charge in [-0.25, -0.2) is 4.39 Å². The van der Waals surface area contributed by atoms with Crippen molar-refractivity contribution in [2.45, 2.75) is 11.4 Å². The predicted octanol–water partition coefficient (Wildman–Crippen LogP) is 2.87. The molecule has 1 heterocycles. The summed E-state index contributed by atoms with van der Waals surface area (Å²) in [5.74, 6) is -0.339. The molecule has 1 atom stereocenters. The Labute approximate surface area is 102 Å². The highest BCUT2D eigenvalue weighted by Crippen LogP contribution is 2.35. The Morgan fingerprint density at radius 1 is 1.06 bits per heavy atom. The van der Waals surface area contributed by atoms with Crippen LogP contribution in [-0.4, -0.2) is 4.55 Å². The topological polar surface area (TPSA) is 26.3 Å². The first-order chi connectivity index (χ1) is 8.27. The van der Waals surface area contributed by atoms with Crippen LogP contribution in [0.5, 0.6) is 0 Å². The van der Waals surface area contributed by atoms with Gasteiger partial charge in [0.1, 0.15) is 17.0 Å². The number of halogens is 1. The Bertz CT molecular complexity index is 561. The second-order valence-electron chi connectivity index (χ2n) is 3.84. The van der Waals surface area contributed by atoms with E-state index < -0.39 is 11.4 Å². The Morgan fingerprint density at radius 3 is 2.53 bits per heavy atom. The molecular weight excluding hydrogens is 237 g/mol. The lowest BCUT2D eigenvalue weighted by molar-refractivity contribution is 0.590. The molecule has 0 fully saturated rings. The van der Waals surface area contributed by atoms with Crippen molar-refractivity contribution < 1.29 is 8.94 Å². The highest BCUT2D eigenvalue weighted by atomic mass is 32.2. The maximum Gasteiger partial charge on any atom is 0.185 e. The zero-order chi connectivity index (χ0) is 11.8. The Balaban J connectivity index is 2.02. The van der Waals surface area contributed by atoms with Crippen molar-refractivity contribution >= 4 is 17.0 Å². The van der Waals surface area contributed by atoms with Crippen molar-refractivity contribution in [1.29, 1.82) is 0 Å². The Kier molecular flexibility index (Phi) is 2.53. The van der Waals surface area contributed by atoms with Crippen LogP contribution in [0.3, 0.4) is 0 Å². The lowest BCUT2D eigenvalue weighted by Crippen LogP contribution is -2.24. The third-order valence-electron chi connectivity index (χ3n) is 2.80. The van der Waals surface area contributed by atoms with Crippen molar-refractivity contribution in [3.05, 3.63) is 59.9 Å². The number of nitrogens with zero attached hydrogens (tertiary/aromatic N) is 1. The SMILES string of the molecule is [O-][S+]1c2ccccc2CN1c1ccccc1F. The van der Waals surface area contributed by atoms with Gasteiger partial charge >= 0.3 is 0 Å². The number of fused-ring (bicyclic) bond motifs is 1. The monoisotopic (exact) mass is 247 g/mol. The normalized spacial score (nSPS) is 18.2. The molecule has 1 unspecified atom stereocenters. The summed E-state index contributed by atoms with van der Waals surface area (Å²) in [5, 5.41) is 0. The highest BCUT2D eigenvalue weighted by molar-refractivity contribution is 7.93. The van der Waals surface area contributed by atoms with Gasteiger partial charge in [-0.05, 0) is 18.2 Å². The minimum Gasteiger partial charge on any atom is -0.588 e. The van der Waals surface area contributed by atoms with Gasteiger partial charge in [0, 0.05) is 5.56 Å². The van der Waals surface area contributed by atoms with Crippen LogP contribution >= 0.6 is 0 Å². The fourth-order valence-electron chi connectivity index (χ4n) is 1.97. The summed E-state index contributed by atoms with van der Waals surface area (Å²) in [7, 11) is 0. The van der Waals surface area contributed by atoms with Gasteiger partial charge in [-0.15, -0.1) is 0 Å². The Hall–Kier alpha value is -1.52. The van der Waals surface area contributed by atoms with Gasteiger partial charge in [-0.3, -0.25) is 0 Å². The molecule has 17 heavy (non-hydrogen) atoms. The summed E-state index contributed by atoms with van der Waals surface area (Å²) in [4.78, 5) is 0.774. The molecule has 0 radical (unpaired) electrons. The molecule has 0 N–H and O–H groups in total. The molecule has 2 nitrogen and oxygen atoms in total. The minimum absolute atomic E-state index is 0.339. The quantitative estimate of drug-likeness (QED) is 0.724.